The van der Waals surface area contributed by atoms with E-state index >= 15 is 0 Å². The molecule has 0 N–H and O–H groups in total. The molecule has 3 aromatic rings. The maximum absolute atomic E-state index is 12.8. The Labute approximate surface area is 178 Å². The molecule has 164 valence electrons. The van der Waals surface area contributed by atoms with Gasteiger partial charge in [-0.2, -0.15) is 18.0 Å². The summed E-state index contributed by atoms with van der Waals surface area (Å²) in [5.41, 5.74) is 1.92. The minimum Gasteiger partial charge on any atom is -0.379 e. The molecule has 0 amide bonds. The Morgan fingerprint density at radius 3 is 2.42 bits per heavy atom. The van der Waals surface area contributed by atoms with Crippen molar-refractivity contribution in [2.45, 2.75) is 25.6 Å². The monoisotopic (exact) mass is 431 g/mol. The number of rotatable bonds is 7. The molecule has 1 fully saturated rings. The number of hydrogen-bond acceptors (Lipinski definition) is 5. The van der Waals surface area contributed by atoms with E-state index in [0.717, 1.165) is 68.1 Å². The predicted octanol–water partition coefficient (Wildman–Crippen LogP) is 3.67. The standard InChI is InChI=1S/C22H24F3N5O/c23-22(24,25)19-8-6-17(7-9-19)16-18-4-1-2-5-20(18)21-26-28-30(27-21)11-3-10-29-12-14-31-15-13-29/h1-2,4-9H,3,10-16H2. The molecule has 0 saturated carbocycles. The van der Waals surface area contributed by atoms with Crippen LogP contribution in [0, 0.1) is 0 Å². The van der Waals surface area contributed by atoms with Crippen LogP contribution in [0.1, 0.15) is 23.1 Å². The summed E-state index contributed by atoms with van der Waals surface area (Å²) in [5, 5.41) is 12.9. The third-order valence-corrected chi connectivity index (χ3v) is 5.32. The normalized spacial score (nSPS) is 15.3. The summed E-state index contributed by atoms with van der Waals surface area (Å²) in [6.07, 6.45) is -2.93. The van der Waals surface area contributed by atoms with Gasteiger partial charge in [-0.25, -0.2) is 0 Å². The highest BCUT2D eigenvalue weighted by atomic mass is 19.4. The van der Waals surface area contributed by atoms with E-state index in [1.165, 1.54) is 12.1 Å². The van der Waals surface area contributed by atoms with Gasteiger partial charge in [-0.3, -0.25) is 4.90 Å². The first kappa shape index (κ1) is 21.5. The number of aryl methyl sites for hydroxylation is 1. The highest BCUT2D eigenvalue weighted by molar-refractivity contribution is 5.60. The third kappa shape index (κ3) is 5.68. The van der Waals surface area contributed by atoms with Gasteiger partial charge in [0.2, 0.25) is 5.82 Å². The summed E-state index contributed by atoms with van der Waals surface area (Å²) in [4.78, 5) is 3.96. The largest absolute Gasteiger partial charge is 0.416 e. The van der Waals surface area contributed by atoms with Crippen molar-refractivity contribution in [3.63, 3.8) is 0 Å². The lowest BCUT2D eigenvalue weighted by molar-refractivity contribution is -0.137. The molecule has 6 nitrogen and oxygen atoms in total. The van der Waals surface area contributed by atoms with Crippen molar-refractivity contribution >= 4 is 0 Å². The van der Waals surface area contributed by atoms with E-state index in [0.29, 0.717) is 18.8 Å². The lowest BCUT2D eigenvalue weighted by atomic mass is 9.98. The fraction of sp³-hybridized carbons (Fsp3) is 0.409. The van der Waals surface area contributed by atoms with Gasteiger partial charge in [-0.05, 0) is 41.3 Å². The van der Waals surface area contributed by atoms with Crippen molar-refractivity contribution in [3.05, 3.63) is 65.2 Å². The fourth-order valence-corrected chi connectivity index (χ4v) is 3.63. The molecule has 31 heavy (non-hydrogen) atoms. The molecular formula is C22H24F3N5O. The number of aromatic nitrogens is 4. The van der Waals surface area contributed by atoms with E-state index in [2.05, 4.69) is 20.3 Å². The molecule has 1 saturated heterocycles. The summed E-state index contributed by atoms with van der Waals surface area (Å²) < 4.78 is 43.7. The molecule has 0 bridgehead atoms. The molecule has 4 rings (SSSR count). The smallest absolute Gasteiger partial charge is 0.379 e. The Morgan fingerprint density at radius 2 is 1.68 bits per heavy atom. The van der Waals surface area contributed by atoms with Crippen LogP contribution in [-0.2, 0) is 23.9 Å². The maximum Gasteiger partial charge on any atom is 0.416 e. The number of tetrazole rings is 1. The highest BCUT2D eigenvalue weighted by Gasteiger charge is 2.29. The number of hydrogen-bond donors (Lipinski definition) is 0. The van der Waals surface area contributed by atoms with Gasteiger partial charge >= 0.3 is 6.18 Å². The average Bonchev–Trinajstić information content (AvgIpc) is 3.23. The van der Waals surface area contributed by atoms with Crippen LogP contribution in [0.15, 0.2) is 48.5 Å². The van der Waals surface area contributed by atoms with Crippen molar-refractivity contribution in [1.29, 1.82) is 0 Å². The molecule has 1 aliphatic heterocycles. The van der Waals surface area contributed by atoms with Crippen LogP contribution in [-0.4, -0.2) is 58.0 Å². The van der Waals surface area contributed by atoms with Crippen molar-refractivity contribution in [2.24, 2.45) is 0 Å². The van der Waals surface area contributed by atoms with Gasteiger partial charge < -0.3 is 4.74 Å². The molecule has 2 heterocycles. The van der Waals surface area contributed by atoms with Crippen molar-refractivity contribution in [3.8, 4) is 11.4 Å². The molecule has 0 radical (unpaired) electrons. The summed E-state index contributed by atoms with van der Waals surface area (Å²) >= 11 is 0. The Balaban J connectivity index is 1.41. The van der Waals surface area contributed by atoms with Crippen LogP contribution in [0.5, 0.6) is 0 Å². The van der Waals surface area contributed by atoms with Crippen LogP contribution in [0.3, 0.4) is 0 Å². The van der Waals surface area contributed by atoms with Crippen LogP contribution in [0.4, 0.5) is 13.2 Å². The first-order valence-corrected chi connectivity index (χ1v) is 10.3. The van der Waals surface area contributed by atoms with Crippen molar-refractivity contribution in [1.82, 2.24) is 25.1 Å². The zero-order valence-electron chi connectivity index (χ0n) is 17.1. The Kier molecular flexibility index (Phi) is 6.62. The first-order valence-electron chi connectivity index (χ1n) is 10.3. The molecule has 1 aliphatic rings. The quantitative estimate of drug-likeness (QED) is 0.571. The Bertz CT molecular complexity index is 981. The predicted molar refractivity (Wildman–Crippen MR) is 109 cm³/mol. The Morgan fingerprint density at radius 1 is 0.935 bits per heavy atom. The lowest BCUT2D eigenvalue weighted by Gasteiger charge is -2.26. The van der Waals surface area contributed by atoms with E-state index in [1.807, 2.05) is 24.3 Å². The average molecular weight is 431 g/mol. The minimum absolute atomic E-state index is 0.486. The van der Waals surface area contributed by atoms with E-state index in [4.69, 9.17) is 4.74 Å². The summed E-state index contributed by atoms with van der Waals surface area (Å²) in [7, 11) is 0. The molecule has 2 aromatic carbocycles. The van der Waals surface area contributed by atoms with Gasteiger partial charge in [0.1, 0.15) is 0 Å². The summed E-state index contributed by atoms with van der Waals surface area (Å²) in [6, 6.07) is 12.9. The molecule has 0 aliphatic carbocycles. The second kappa shape index (κ2) is 9.57. The molecule has 0 atom stereocenters. The van der Waals surface area contributed by atoms with Crippen LogP contribution < -0.4 is 0 Å². The van der Waals surface area contributed by atoms with Gasteiger partial charge in [0, 0.05) is 25.2 Å². The molecular weight excluding hydrogens is 407 g/mol. The lowest BCUT2D eigenvalue weighted by Crippen LogP contribution is -2.37. The fourth-order valence-electron chi connectivity index (χ4n) is 3.63. The van der Waals surface area contributed by atoms with Gasteiger partial charge in [0.05, 0.1) is 25.3 Å². The maximum atomic E-state index is 12.8. The summed E-state index contributed by atoms with van der Waals surface area (Å²) in [6.45, 7) is 5.10. The second-order valence-electron chi connectivity index (χ2n) is 7.55. The summed E-state index contributed by atoms with van der Waals surface area (Å²) in [5.74, 6) is 0.522. The number of ether oxygens (including phenoxy) is 1. The van der Waals surface area contributed by atoms with Gasteiger partial charge in [0.25, 0.3) is 0 Å². The number of benzene rings is 2. The van der Waals surface area contributed by atoms with Crippen LogP contribution in [0.25, 0.3) is 11.4 Å². The first-order chi connectivity index (χ1) is 15.0. The van der Waals surface area contributed by atoms with Crippen LogP contribution in [0.2, 0.25) is 0 Å². The van der Waals surface area contributed by atoms with Gasteiger partial charge in [0.15, 0.2) is 0 Å². The molecule has 9 heteroatoms. The highest BCUT2D eigenvalue weighted by Crippen LogP contribution is 2.30. The Hall–Kier alpha value is -2.78. The number of morpholine rings is 1. The molecule has 1 aromatic heterocycles. The number of nitrogens with zero attached hydrogens (tertiary/aromatic N) is 5. The van der Waals surface area contributed by atoms with Gasteiger partial charge in [-0.1, -0.05) is 36.4 Å². The molecule has 0 spiro atoms. The van der Waals surface area contributed by atoms with E-state index in [-0.39, 0.29) is 0 Å². The van der Waals surface area contributed by atoms with E-state index < -0.39 is 11.7 Å². The van der Waals surface area contributed by atoms with Crippen LogP contribution >= 0.6 is 0 Å². The second-order valence-corrected chi connectivity index (χ2v) is 7.55. The van der Waals surface area contributed by atoms with E-state index in [9.17, 15) is 13.2 Å². The third-order valence-electron chi connectivity index (χ3n) is 5.32. The molecule has 0 unspecified atom stereocenters. The van der Waals surface area contributed by atoms with Crippen molar-refractivity contribution < 1.29 is 17.9 Å². The zero-order chi connectivity index (χ0) is 21.7. The topological polar surface area (TPSA) is 56.1 Å². The zero-order valence-corrected chi connectivity index (χ0v) is 17.1. The number of halogens is 3. The minimum atomic E-state index is -4.33. The number of alkyl halides is 3. The SMILES string of the molecule is FC(F)(F)c1ccc(Cc2ccccc2-c2nnn(CCCN3CCOCC3)n2)cc1. The van der Waals surface area contributed by atoms with Gasteiger partial charge in [-0.15, -0.1) is 10.2 Å². The van der Waals surface area contributed by atoms with E-state index in [1.54, 1.807) is 4.80 Å². The van der Waals surface area contributed by atoms with Crippen molar-refractivity contribution in [2.75, 3.05) is 32.8 Å².